The smallest absolute Gasteiger partial charge is 0.336 e. The Morgan fingerprint density at radius 1 is 1.25 bits per heavy atom. The molecule has 0 atom stereocenters. The number of nitrogens with zero attached hydrogens (tertiary/aromatic N) is 1. The molecular formula is C15H17NO4. The summed E-state index contributed by atoms with van der Waals surface area (Å²) >= 11 is 0. The first-order valence-electron chi connectivity index (χ1n) is 6.77. The van der Waals surface area contributed by atoms with E-state index in [1.54, 1.807) is 6.92 Å². The summed E-state index contributed by atoms with van der Waals surface area (Å²) in [6.45, 7) is 4.16. The molecule has 0 aliphatic carbocycles. The molecule has 2 heterocycles. The first-order valence-corrected chi connectivity index (χ1v) is 6.77. The second kappa shape index (κ2) is 4.83. The molecule has 0 spiro atoms. The van der Waals surface area contributed by atoms with Crippen molar-refractivity contribution < 1.29 is 14.6 Å². The molecule has 2 N–H and O–H groups in total. The number of fused-ring (bicyclic) bond motifs is 1. The van der Waals surface area contributed by atoms with Crippen molar-refractivity contribution >= 4 is 11.0 Å². The van der Waals surface area contributed by atoms with Gasteiger partial charge in [-0.1, -0.05) is 0 Å². The second-order valence-electron chi connectivity index (χ2n) is 5.33. The Labute approximate surface area is 116 Å². The van der Waals surface area contributed by atoms with Gasteiger partial charge in [0.2, 0.25) is 0 Å². The van der Waals surface area contributed by atoms with Crippen LogP contribution in [0.3, 0.4) is 0 Å². The summed E-state index contributed by atoms with van der Waals surface area (Å²) < 4.78 is 5.27. The van der Waals surface area contributed by atoms with Gasteiger partial charge in [0.15, 0.2) is 11.5 Å². The van der Waals surface area contributed by atoms with Crippen LogP contribution >= 0.6 is 0 Å². The van der Waals surface area contributed by atoms with Crippen LogP contribution in [0.2, 0.25) is 0 Å². The van der Waals surface area contributed by atoms with Crippen LogP contribution in [0.5, 0.6) is 11.5 Å². The molecule has 5 heteroatoms. The lowest BCUT2D eigenvalue weighted by molar-refractivity contribution is 0.319. The van der Waals surface area contributed by atoms with Crippen LogP contribution in [0.4, 0.5) is 0 Å². The van der Waals surface area contributed by atoms with Crippen LogP contribution in [0.25, 0.3) is 11.0 Å². The molecule has 5 nitrogen and oxygen atoms in total. The average Bonchev–Trinajstić information content (AvgIpc) is 2.89. The van der Waals surface area contributed by atoms with E-state index in [0.29, 0.717) is 23.1 Å². The molecule has 1 aliphatic rings. The molecule has 1 fully saturated rings. The maximum atomic E-state index is 11.6. The van der Waals surface area contributed by atoms with Crippen LogP contribution in [-0.4, -0.2) is 28.2 Å². The minimum atomic E-state index is -0.442. The van der Waals surface area contributed by atoms with E-state index in [1.165, 1.54) is 12.1 Å². The van der Waals surface area contributed by atoms with Crippen LogP contribution in [0.1, 0.15) is 24.0 Å². The van der Waals surface area contributed by atoms with Crippen molar-refractivity contribution in [3.05, 3.63) is 33.7 Å². The van der Waals surface area contributed by atoms with E-state index in [2.05, 4.69) is 4.90 Å². The highest BCUT2D eigenvalue weighted by atomic mass is 16.4. The zero-order chi connectivity index (χ0) is 14.3. The summed E-state index contributed by atoms with van der Waals surface area (Å²) in [7, 11) is 0. The predicted octanol–water partition coefficient (Wildman–Crippen LogP) is 2.11. The third-order valence-electron chi connectivity index (χ3n) is 3.87. The van der Waals surface area contributed by atoms with Crippen LogP contribution in [0, 0.1) is 6.92 Å². The minimum absolute atomic E-state index is 0.177. The summed E-state index contributed by atoms with van der Waals surface area (Å²) in [4.78, 5) is 13.7. The summed E-state index contributed by atoms with van der Waals surface area (Å²) in [5, 5.41) is 20.6. The van der Waals surface area contributed by atoms with Gasteiger partial charge in [-0.2, -0.15) is 0 Å². The van der Waals surface area contributed by atoms with E-state index in [1.807, 2.05) is 0 Å². The molecule has 106 valence electrons. The highest BCUT2D eigenvalue weighted by Crippen LogP contribution is 2.37. The van der Waals surface area contributed by atoms with Crippen molar-refractivity contribution in [1.29, 1.82) is 0 Å². The molecule has 2 aromatic rings. The fraction of sp³-hybridized carbons (Fsp3) is 0.400. The molecule has 0 bridgehead atoms. The molecule has 0 amide bonds. The van der Waals surface area contributed by atoms with Crippen molar-refractivity contribution in [2.45, 2.75) is 26.3 Å². The Hall–Kier alpha value is -2.01. The quantitative estimate of drug-likeness (QED) is 0.648. The number of rotatable bonds is 2. The lowest BCUT2D eigenvalue weighted by Gasteiger charge is -2.17. The van der Waals surface area contributed by atoms with Crippen molar-refractivity contribution in [3.63, 3.8) is 0 Å². The van der Waals surface area contributed by atoms with Gasteiger partial charge in [-0.25, -0.2) is 4.79 Å². The summed E-state index contributed by atoms with van der Waals surface area (Å²) in [5.74, 6) is -0.373. The molecule has 1 aliphatic heterocycles. The number of aryl methyl sites for hydroxylation is 1. The molecule has 3 rings (SSSR count). The molecule has 0 radical (unpaired) electrons. The Morgan fingerprint density at radius 3 is 2.65 bits per heavy atom. The standard InChI is InChI=1S/C15H17NO4/c1-9-6-13(18)20-15-10(9)7-12(17)14(19)11(15)8-16-4-2-3-5-16/h6-7,17,19H,2-5,8H2,1H3. The van der Waals surface area contributed by atoms with Crippen LogP contribution < -0.4 is 5.63 Å². The maximum Gasteiger partial charge on any atom is 0.336 e. The van der Waals surface area contributed by atoms with E-state index < -0.39 is 5.63 Å². The van der Waals surface area contributed by atoms with E-state index >= 15 is 0 Å². The first kappa shape index (κ1) is 13.0. The van der Waals surface area contributed by atoms with E-state index in [9.17, 15) is 15.0 Å². The molecule has 0 unspecified atom stereocenters. The van der Waals surface area contributed by atoms with Gasteiger partial charge < -0.3 is 14.6 Å². The van der Waals surface area contributed by atoms with Gasteiger partial charge in [0.05, 0.1) is 5.56 Å². The molecule has 1 saturated heterocycles. The minimum Gasteiger partial charge on any atom is -0.504 e. The number of aromatic hydroxyl groups is 2. The molecule has 1 aromatic heterocycles. The Kier molecular flexibility index (Phi) is 3.14. The number of likely N-dealkylation sites (tertiary alicyclic amines) is 1. The summed E-state index contributed by atoms with van der Waals surface area (Å²) in [5.41, 5.74) is 1.15. The maximum absolute atomic E-state index is 11.6. The van der Waals surface area contributed by atoms with Gasteiger partial charge in [0.25, 0.3) is 0 Å². The number of phenolic OH excluding ortho intramolecular Hbond substituents is 2. The van der Waals surface area contributed by atoms with E-state index in [4.69, 9.17) is 4.42 Å². The SMILES string of the molecule is Cc1cc(=O)oc2c(CN3CCCC3)c(O)c(O)cc12. The van der Waals surface area contributed by atoms with Gasteiger partial charge in [0, 0.05) is 18.0 Å². The molecule has 20 heavy (non-hydrogen) atoms. The highest BCUT2D eigenvalue weighted by Gasteiger charge is 2.20. The van der Waals surface area contributed by atoms with Crippen LogP contribution in [-0.2, 0) is 6.54 Å². The van der Waals surface area contributed by atoms with Crippen molar-refractivity contribution in [2.75, 3.05) is 13.1 Å². The third-order valence-corrected chi connectivity index (χ3v) is 3.87. The third kappa shape index (κ3) is 2.14. The lowest BCUT2D eigenvalue weighted by atomic mass is 10.0. The Balaban J connectivity index is 2.21. The lowest BCUT2D eigenvalue weighted by Crippen LogP contribution is -2.19. The molecule has 0 saturated carbocycles. The van der Waals surface area contributed by atoms with Crippen molar-refractivity contribution in [2.24, 2.45) is 0 Å². The van der Waals surface area contributed by atoms with Crippen molar-refractivity contribution in [3.8, 4) is 11.5 Å². The van der Waals surface area contributed by atoms with E-state index in [0.717, 1.165) is 31.5 Å². The zero-order valence-electron chi connectivity index (χ0n) is 11.3. The highest BCUT2D eigenvalue weighted by molar-refractivity contribution is 5.87. The normalized spacial score (nSPS) is 16.1. The predicted molar refractivity (Wildman–Crippen MR) is 75.1 cm³/mol. The number of hydrogen-bond acceptors (Lipinski definition) is 5. The topological polar surface area (TPSA) is 73.9 Å². The summed E-state index contributed by atoms with van der Waals surface area (Å²) in [6, 6.07) is 2.83. The molecular weight excluding hydrogens is 258 g/mol. The zero-order valence-corrected chi connectivity index (χ0v) is 11.3. The summed E-state index contributed by atoms with van der Waals surface area (Å²) in [6.07, 6.45) is 2.25. The number of hydrogen-bond donors (Lipinski definition) is 2. The number of phenols is 2. The first-order chi connectivity index (χ1) is 9.56. The van der Waals surface area contributed by atoms with E-state index in [-0.39, 0.29) is 11.5 Å². The van der Waals surface area contributed by atoms with Gasteiger partial charge >= 0.3 is 5.63 Å². The monoisotopic (exact) mass is 275 g/mol. The van der Waals surface area contributed by atoms with Gasteiger partial charge in [-0.05, 0) is 44.5 Å². The van der Waals surface area contributed by atoms with Gasteiger partial charge in [-0.3, -0.25) is 4.90 Å². The Morgan fingerprint density at radius 2 is 1.95 bits per heavy atom. The fourth-order valence-electron chi connectivity index (χ4n) is 2.80. The second-order valence-corrected chi connectivity index (χ2v) is 5.33. The van der Waals surface area contributed by atoms with Crippen LogP contribution in [0.15, 0.2) is 21.3 Å². The molecule has 1 aromatic carbocycles. The van der Waals surface area contributed by atoms with Gasteiger partial charge in [-0.15, -0.1) is 0 Å². The Bertz CT molecular complexity index is 714. The van der Waals surface area contributed by atoms with Gasteiger partial charge in [0.1, 0.15) is 5.58 Å². The largest absolute Gasteiger partial charge is 0.504 e. The fourth-order valence-corrected chi connectivity index (χ4v) is 2.80. The van der Waals surface area contributed by atoms with Crippen molar-refractivity contribution in [1.82, 2.24) is 4.90 Å². The average molecular weight is 275 g/mol. The number of benzene rings is 1.